The third-order valence-corrected chi connectivity index (χ3v) is 3.51. The van der Waals surface area contributed by atoms with E-state index in [9.17, 15) is 0 Å². The number of aryl methyl sites for hydroxylation is 1. The zero-order valence-electron chi connectivity index (χ0n) is 11.6. The predicted molar refractivity (Wildman–Crippen MR) is 74.9 cm³/mol. The molecule has 4 nitrogen and oxygen atoms in total. The molecule has 4 heteroatoms. The highest BCUT2D eigenvalue weighted by molar-refractivity contribution is 5.97. The summed E-state index contributed by atoms with van der Waals surface area (Å²) in [6, 6.07) is 6.45. The number of hydrogen-bond acceptors (Lipinski definition) is 3. The van der Waals surface area contributed by atoms with Crippen molar-refractivity contribution < 1.29 is 5.21 Å². The van der Waals surface area contributed by atoms with Gasteiger partial charge in [-0.2, -0.15) is 0 Å². The SMILES string of the molecule is CCC(C)N(C)Cc1ccc(/C(N)=N/O)cc1C. The second-order valence-corrected chi connectivity index (χ2v) is 4.80. The predicted octanol–water partition coefficient (Wildman–Crippen LogP) is 2.32. The maximum atomic E-state index is 8.65. The highest BCUT2D eigenvalue weighted by Crippen LogP contribution is 2.15. The first kappa shape index (κ1) is 14.5. The van der Waals surface area contributed by atoms with Crippen molar-refractivity contribution in [3.63, 3.8) is 0 Å². The number of nitrogens with two attached hydrogens (primary N) is 1. The number of nitrogens with zero attached hydrogens (tertiary/aromatic N) is 2. The number of hydrogen-bond donors (Lipinski definition) is 2. The fourth-order valence-electron chi connectivity index (χ4n) is 1.83. The van der Waals surface area contributed by atoms with Gasteiger partial charge in [-0.1, -0.05) is 24.2 Å². The maximum Gasteiger partial charge on any atom is 0.170 e. The molecule has 0 saturated carbocycles. The van der Waals surface area contributed by atoms with E-state index in [-0.39, 0.29) is 5.84 Å². The van der Waals surface area contributed by atoms with Crippen LogP contribution in [-0.4, -0.2) is 29.0 Å². The van der Waals surface area contributed by atoms with Crippen LogP contribution >= 0.6 is 0 Å². The molecule has 0 aliphatic heterocycles. The summed E-state index contributed by atoms with van der Waals surface area (Å²) >= 11 is 0. The summed E-state index contributed by atoms with van der Waals surface area (Å²) in [5.41, 5.74) is 8.76. The molecule has 0 aliphatic rings. The molecule has 1 aromatic rings. The minimum absolute atomic E-state index is 0.153. The lowest BCUT2D eigenvalue weighted by molar-refractivity contribution is 0.243. The average molecular weight is 249 g/mol. The molecule has 1 rings (SSSR count). The quantitative estimate of drug-likeness (QED) is 0.364. The van der Waals surface area contributed by atoms with Crippen molar-refractivity contribution >= 4 is 5.84 Å². The van der Waals surface area contributed by atoms with Crippen LogP contribution in [-0.2, 0) is 6.54 Å². The molecule has 0 spiro atoms. The Balaban J connectivity index is 2.86. The summed E-state index contributed by atoms with van der Waals surface area (Å²) in [6.45, 7) is 7.38. The Morgan fingerprint density at radius 2 is 2.17 bits per heavy atom. The molecular weight excluding hydrogens is 226 g/mol. The molecule has 0 radical (unpaired) electrons. The Morgan fingerprint density at radius 1 is 1.50 bits per heavy atom. The van der Waals surface area contributed by atoms with E-state index in [2.05, 4.69) is 31.0 Å². The second kappa shape index (κ2) is 6.40. The molecule has 0 fully saturated rings. The molecule has 0 bridgehead atoms. The first-order valence-corrected chi connectivity index (χ1v) is 6.27. The molecule has 0 heterocycles. The van der Waals surface area contributed by atoms with Gasteiger partial charge in [0.1, 0.15) is 0 Å². The first-order valence-electron chi connectivity index (χ1n) is 6.27. The van der Waals surface area contributed by atoms with Crippen LogP contribution in [0.2, 0.25) is 0 Å². The number of benzene rings is 1. The Morgan fingerprint density at radius 3 is 2.67 bits per heavy atom. The Bertz CT molecular complexity index is 429. The van der Waals surface area contributed by atoms with Crippen LogP contribution in [0.3, 0.4) is 0 Å². The van der Waals surface area contributed by atoms with Crippen LogP contribution in [0.25, 0.3) is 0 Å². The molecule has 0 amide bonds. The molecule has 1 aromatic carbocycles. The van der Waals surface area contributed by atoms with Gasteiger partial charge in [0.05, 0.1) is 0 Å². The van der Waals surface area contributed by atoms with Gasteiger partial charge in [0, 0.05) is 18.2 Å². The van der Waals surface area contributed by atoms with Crippen molar-refractivity contribution in [1.82, 2.24) is 4.90 Å². The lowest BCUT2D eigenvalue weighted by Crippen LogP contribution is -2.28. The highest BCUT2D eigenvalue weighted by Gasteiger charge is 2.10. The molecule has 1 unspecified atom stereocenters. The van der Waals surface area contributed by atoms with E-state index in [1.54, 1.807) is 0 Å². The fourth-order valence-corrected chi connectivity index (χ4v) is 1.83. The van der Waals surface area contributed by atoms with Crippen LogP contribution in [0, 0.1) is 6.92 Å². The van der Waals surface area contributed by atoms with E-state index in [4.69, 9.17) is 10.9 Å². The molecule has 0 aliphatic carbocycles. The largest absolute Gasteiger partial charge is 0.409 e. The van der Waals surface area contributed by atoms with E-state index >= 15 is 0 Å². The third-order valence-electron chi connectivity index (χ3n) is 3.51. The Kier molecular flexibility index (Phi) is 5.16. The Labute approximate surface area is 109 Å². The fraction of sp³-hybridized carbons (Fsp3) is 0.500. The van der Waals surface area contributed by atoms with Crippen molar-refractivity contribution in [2.75, 3.05) is 7.05 Å². The van der Waals surface area contributed by atoms with E-state index in [1.165, 1.54) is 5.56 Å². The van der Waals surface area contributed by atoms with Crippen LogP contribution in [0.1, 0.15) is 37.0 Å². The summed E-state index contributed by atoms with van der Waals surface area (Å²) < 4.78 is 0. The first-order chi connectivity index (χ1) is 8.49. The lowest BCUT2D eigenvalue weighted by atomic mass is 10.0. The van der Waals surface area contributed by atoms with Crippen molar-refractivity contribution in [1.29, 1.82) is 0 Å². The Hall–Kier alpha value is -1.55. The standard InChI is InChI=1S/C14H23N3O/c1-5-11(3)17(4)9-13-7-6-12(8-10(13)2)14(15)16-18/h6-8,11,18H,5,9H2,1-4H3,(H2,15,16). The van der Waals surface area contributed by atoms with Crippen molar-refractivity contribution in [3.8, 4) is 0 Å². The highest BCUT2D eigenvalue weighted by atomic mass is 16.4. The average Bonchev–Trinajstić information content (AvgIpc) is 2.38. The zero-order valence-corrected chi connectivity index (χ0v) is 11.6. The molecule has 0 aromatic heterocycles. The van der Waals surface area contributed by atoms with E-state index in [1.807, 2.05) is 25.1 Å². The number of oxime groups is 1. The minimum atomic E-state index is 0.153. The lowest BCUT2D eigenvalue weighted by Gasteiger charge is -2.24. The van der Waals surface area contributed by atoms with Gasteiger partial charge >= 0.3 is 0 Å². The summed E-state index contributed by atoms with van der Waals surface area (Å²) in [5.74, 6) is 0.153. The summed E-state index contributed by atoms with van der Waals surface area (Å²) in [5, 5.41) is 11.7. The molecule has 18 heavy (non-hydrogen) atoms. The molecule has 0 saturated heterocycles. The third kappa shape index (κ3) is 3.47. The number of rotatable bonds is 5. The summed E-state index contributed by atoms with van der Waals surface area (Å²) in [4.78, 5) is 2.32. The maximum absolute atomic E-state index is 8.65. The second-order valence-electron chi connectivity index (χ2n) is 4.80. The minimum Gasteiger partial charge on any atom is -0.409 e. The normalized spacial score (nSPS) is 13.9. The molecular formula is C14H23N3O. The van der Waals surface area contributed by atoms with Crippen molar-refractivity contribution in [3.05, 3.63) is 34.9 Å². The topological polar surface area (TPSA) is 61.8 Å². The van der Waals surface area contributed by atoms with Crippen LogP contribution in [0.5, 0.6) is 0 Å². The van der Waals surface area contributed by atoms with Gasteiger partial charge in [0.2, 0.25) is 0 Å². The van der Waals surface area contributed by atoms with Crippen molar-refractivity contribution in [2.45, 2.75) is 39.8 Å². The van der Waals surface area contributed by atoms with Gasteiger partial charge in [-0.25, -0.2) is 0 Å². The van der Waals surface area contributed by atoms with Gasteiger partial charge in [-0.3, -0.25) is 4.90 Å². The summed E-state index contributed by atoms with van der Waals surface area (Å²) in [6.07, 6.45) is 1.14. The van der Waals surface area contributed by atoms with Gasteiger partial charge in [0.25, 0.3) is 0 Å². The molecule has 1 atom stereocenters. The van der Waals surface area contributed by atoms with Crippen LogP contribution in [0.15, 0.2) is 23.4 Å². The molecule has 3 N–H and O–H groups in total. The van der Waals surface area contributed by atoms with Gasteiger partial charge in [-0.05, 0) is 44.5 Å². The van der Waals surface area contributed by atoms with Gasteiger partial charge in [0.15, 0.2) is 5.84 Å². The number of amidine groups is 1. The molecule has 100 valence electrons. The summed E-state index contributed by atoms with van der Waals surface area (Å²) in [7, 11) is 2.13. The smallest absolute Gasteiger partial charge is 0.170 e. The van der Waals surface area contributed by atoms with Crippen LogP contribution < -0.4 is 5.73 Å². The van der Waals surface area contributed by atoms with Crippen LogP contribution in [0.4, 0.5) is 0 Å². The van der Waals surface area contributed by atoms with E-state index in [0.717, 1.165) is 24.1 Å². The zero-order chi connectivity index (χ0) is 13.7. The van der Waals surface area contributed by atoms with Crippen molar-refractivity contribution in [2.24, 2.45) is 10.9 Å². The van der Waals surface area contributed by atoms with E-state index in [0.29, 0.717) is 6.04 Å². The van der Waals surface area contributed by atoms with Gasteiger partial charge < -0.3 is 10.9 Å². The van der Waals surface area contributed by atoms with Gasteiger partial charge in [-0.15, -0.1) is 0 Å². The van der Waals surface area contributed by atoms with E-state index < -0.39 is 0 Å². The monoisotopic (exact) mass is 249 g/mol.